The van der Waals surface area contributed by atoms with E-state index in [4.69, 9.17) is 0 Å². The Labute approximate surface area is 140 Å². The van der Waals surface area contributed by atoms with Gasteiger partial charge in [-0.2, -0.15) is 0 Å². The van der Waals surface area contributed by atoms with Crippen molar-refractivity contribution < 1.29 is 12.8 Å². The van der Waals surface area contributed by atoms with Crippen LogP contribution in [-0.2, 0) is 16.6 Å². The molecule has 7 heteroatoms. The number of nitrogens with one attached hydrogen (secondary N) is 1. The van der Waals surface area contributed by atoms with E-state index < -0.39 is 15.8 Å². The quantitative estimate of drug-likeness (QED) is 0.765. The molecule has 0 aliphatic heterocycles. The summed E-state index contributed by atoms with van der Waals surface area (Å²) in [4.78, 5) is 4.46. The van der Waals surface area contributed by atoms with Crippen molar-refractivity contribution in [3.05, 3.63) is 54.1 Å². The van der Waals surface area contributed by atoms with E-state index in [1.807, 2.05) is 11.5 Å². The van der Waals surface area contributed by atoms with Gasteiger partial charge in [-0.05, 0) is 49.2 Å². The van der Waals surface area contributed by atoms with Crippen molar-refractivity contribution in [3.63, 3.8) is 0 Å². The lowest BCUT2D eigenvalue weighted by atomic mass is 10.2. The van der Waals surface area contributed by atoms with E-state index in [-0.39, 0.29) is 4.90 Å². The Morgan fingerprint density at radius 1 is 1.29 bits per heavy atom. The van der Waals surface area contributed by atoms with Crippen LogP contribution in [0.2, 0.25) is 0 Å². The Kier molecular flexibility index (Phi) is 4.28. The Hall–Kier alpha value is -2.41. The molecule has 0 saturated carbocycles. The topological polar surface area (TPSA) is 64.0 Å². The molecule has 0 aliphatic carbocycles. The molecular formula is C17H18FN3O2S. The van der Waals surface area contributed by atoms with Crippen molar-refractivity contribution in [3.8, 4) is 0 Å². The molecule has 0 saturated heterocycles. The minimum absolute atomic E-state index is 0.169. The maximum Gasteiger partial charge on any atom is 0.264 e. The molecule has 0 fully saturated rings. The zero-order valence-electron chi connectivity index (χ0n) is 13.5. The molecule has 2 heterocycles. The van der Waals surface area contributed by atoms with Crippen LogP contribution in [0.25, 0.3) is 11.0 Å². The van der Waals surface area contributed by atoms with Crippen LogP contribution in [0.5, 0.6) is 0 Å². The summed E-state index contributed by atoms with van der Waals surface area (Å²) < 4.78 is 43.2. The summed E-state index contributed by atoms with van der Waals surface area (Å²) in [5.74, 6) is -0.404. The van der Waals surface area contributed by atoms with Crippen LogP contribution >= 0.6 is 0 Å². The molecule has 1 N–H and O–H groups in total. The summed E-state index contributed by atoms with van der Waals surface area (Å²) in [7, 11) is -3.81. The lowest BCUT2D eigenvalue weighted by Crippen LogP contribution is -2.13. The van der Waals surface area contributed by atoms with Gasteiger partial charge in [0, 0.05) is 24.3 Å². The van der Waals surface area contributed by atoms with Crippen molar-refractivity contribution in [1.82, 2.24) is 9.55 Å². The van der Waals surface area contributed by atoms with Gasteiger partial charge in [-0.25, -0.2) is 17.8 Å². The number of fused-ring (bicyclic) bond motifs is 1. The maximum atomic E-state index is 13.2. The van der Waals surface area contributed by atoms with Crippen LogP contribution in [0, 0.1) is 12.7 Å². The van der Waals surface area contributed by atoms with Gasteiger partial charge in [0.05, 0.1) is 5.69 Å². The van der Waals surface area contributed by atoms with Crippen LogP contribution in [0.4, 0.5) is 10.1 Å². The third kappa shape index (κ3) is 2.99. The van der Waals surface area contributed by atoms with E-state index in [0.29, 0.717) is 28.8 Å². The van der Waals surface area contributed by atoms with E-state index >= 15 is 0 Å². The average Bonchev–Trinajstić information content (AvgIpc) is 2.91. The normalized spacial score (nSPS) is 11.8. The Bertz CT molecular complexity index is 996. The van der Waals surface area contributed by atoms with Gasteiger partial charge < -0.3 is 4.57 Å². The molecule has 0 atom stereocenters. The number of rotatable bonds is 5. The molecule has 0 radical (unpaired) electrons. The van der Waals surface area contributed by atoms with Gasteiger partial charge in [0.1, 0.15) is 16.4 Å². The molecule has 0 aliphatic rings. The highest BCUT2D eigenvalue weighted by Crippen LogP contribution is 2.27. The van der Waals surface area contributed by atoms with E-state index in [2.05, 4.69) is 9.71 Å². The fourth-order valence-electron chi connectivity index (χ4n) is 2.66. The number of aryl methyl sites for hydroxylation is 2. The lowest BCUT2D eigenvalue weighted by Gasteiger charge is -2.10. The first kappa shape index (κ1) is 16.4. The number of hydrogen-bond donors (Lipinski definition) is 1. The zero-order chi connectivity index (χ0) is 17.3. The summed E-state index contributed by atoms with van der Waals surface area (Å²) >= 11 is 0. The average molecular weight is 347 g/mol. The predicted octanol–water partition coefficient (Wildman–Crippen LogP) is 3.69. The van der Waals surface area contributed by atoms with Crippen LogP contribution in [0.3, 0.4) is 0 Å². The number of pyridine rings is 1. The third-order valence-electron chi connectivity index (χ3n) is 3.78. The van der Waals surface area contributed by atoms with Crippen molar-refractivity contribution in [2.24, 2.45) is 0 Å². The monoisotopic (exact) mass is 347 g/mol. The summed E-state index contributed by atoms with van der Waals surface area (Å²) in [5.41, 5.74) is 1.52. The summed E-state index contributed by atoms with van der Waals surface area (Å²) in [6.45, 7) is 4.35. The van der Waals surface area contributed by atoms with Crippen LogP contribution < -0.4 is 4.72 Å². The Morgan fingerprint density at radius 2 is 2.08 bits per heavy atom. The van der Waals surface area contributed by atoms with Gasteiger partial charge in [-0.1, -0.05) is 6.92 Å². The molecule has 0 spiro atoms. The number of anilines is 1. The van der Waals surface area contributed by atoms with E-state index in [1.54, 1.807) is 31.5 Å². The summed E-state index contributed by atoms with van der Waals surface area (Å²) in [6, 6.07) is 7.39. The van der Waals surface area contributed by atoms with Gasteiger partial charge in [-0.15, -0.1) is 0 Å². The lowest BCUT2D eigenvalue weighted by molar-refractivity contribution is 0.600. The second-order valence-electron chi connectivity index (χ2n) is 5.63. The molecule has 126 valence electrons. The molecule has 1 aromatic carbocycles. The highest BCUT2D eigenvalue weighted by molar-refractivity contribution is 7.93. The molecule has 3 aromatic rings. The fraction of sp³-hybridized carbons (Fsp3) is 0.235. The second kappa shape index (κ2) is 6.24. The van der Waals surface area contributed by atoms with Crippen molar-refractivity contribution in [1.29, 1.82) is 0 Å². The number of aromatic nitrogens is 2. The molecule has 0 amide bonds. The van der Waals surface area contributed by atoms with Gasteiger partial charge in [0.25, 0.3) is 10.0 Å². The first-order chi connectivity index (χ1) is 11.4. The summed E-state index contributed by atoms with van der Waals surface area (Å²) in [5, 5.41) is 0.568. The van der Waals surface area contributed by atoms with Gasteiger partial charge in [0.2, 0.25) is 0 Å². The van der Waals surface area contributed by atoms with E-state index in [9.17, 15) is 12.8 Å². The van der Waals surface area contributed by atoms with E-state index in [0.717, 1.165) is 6.42 Å². The Balaban J connectivity index is 2.08. The molecule has 24 heavy (non-hydrogen) atoms. The molecule has 0 bridgehead atoms. The standard InChI is InChI=1S/C17H18FN3O2S/c1-3-9-21-11-16(14-5-4-8-19-17(14)21)24(22,23)20-15-7-6-13(18)10-12(15)2/h4-8,10-11,20H,3,9H2,1-2H3. The number of hydrogen-bond acceptors (Lipinski definition) is 3. The number of nitrogens with zero attached hydrogens (tertiary/aromatic N) is 2. The van der Waals surface area contributed by atoms with Crippen molar-refractivity contribution in [2.45, 2.75) is 31.7 Å². The van der Waals surface area contributed by atoms with Gasteiger partial charge >= 0.3 is 0 Å². The molecular weight excluding hydrogens is 329 g/mol. The van der Waals surface area contributed by atoms with Crippen LogP contribution in [0.15, 0.2) is 47.6 Å². The minimum Gasteiger partial charge on any atom is -0.331 e. The zero-order valence-corrected chi connectivity index (χ0v) is 14.3. The van der Waals surface area contributed by atoms with Crippen LogP contribution in [0.1, 0.15) is 18.9 Å². The van der Waals surface area contributed by atoms with Gasteiger partial charge in [-0.3, -0.25) is 4.72 Å². The number of benzene rings is 1. The van der Waals surface area contributed by atoms with Crippen LogP contribution in [-0.4, -0.2) is 18.0 Å². The third-order valence-corrected chi connectivity index (χ3v) is 5.18. The Morgan fingerprint density at radius 3 is 2.79 bits per heavy atom. The first-order valence-electron chi connectivity index (χ1n) is 7.65. The van der Waals surface area contributed by atoms with Gasteiger partial charge in [0.15, 0.2) is 0 Å². The largest absolute Gasteiger partial charge is 0.331 e. The molecule has 0 unspecified atom stereocenters. The maximum absolute atomic E-state index is 13.2. The van der Waals surface area contributed by atoms with Crippen molar-refractivity contribution >= 4 is 26.7 Å². The summed E-state index contributed by atoms with van der Waals surface area (Å²) in [6.07, 6.45) is 4.11. The van der Waals surface area contributed by atoms with E-state index in [1.165, 1.54) is 18.2 Å². The highest BCUT2D eigenvalue weighted by Gasteiger charge is 2.22. The number of halogens is 1. The SMILES string of the molecule is CCCn1cc(S(=O)(=O)Nc2ccc(F)cc2C)c2cccnc21. The minimum atomic E-state index is -3.81. The second-order valence-corrected chi connectivity index (χ2v) is 7.28. The predicted molar refractivity (Wildman–Crippen MR) is 92.0 cm³/mol. The highest BCUT2D eigenvalue weighted by atomic mass is 32.2. The van der Waals surface area contributed by atoms with Crippen molar-refractivity contribution in [2.75, 3.05) is 4.72 Å². The fourth-order valence-corrected chi connectivity index (χ4v) is 4.00. The molecule has 5 nitrogen and oxygen atoms in total. The molecule has 2 aromatic heterocycles. The smallest absolute Gasteiger partial charge is 0.264 e. The first-order valence-corrected chi connectivity index (χ1v) is 9.13. The molecule has 3 rings (SSSR count). The number of sulfonamides is 1.